The number of benzene rings is 1. The number of sulfone groups is 1. The van der Waals surface area contributed by atoms with Crippen LogP contribution in [0.15, 0.2) is 23.1 Å². The predicted octanol–water partition coefficient (Wildman–Crippen LogP) is 5.04. The summed E-state index contributed by atoms with van der Waals surface area (Å²) >= 11 is 0. The standard InChI is InChI=1S/C20H27F4NO4S/c1-18(2,3)29-17(26)25-8-6-13(7-9-25)19(4,5)30(27,28)16-11-14(20(22,23)24)10-15(21)12-16/h10-13H,6-9H2,1-5H3. The molecule has 10 heteroatoms. The van der Waals surface area contributed by atoms with Crippen molar-refractivity contribution in [3.8, 4) is 0 Å². The first kappa shape index (κ1) is 24.4. The lowest BCUT2D eigenvalue weighted by atomic mass is 9.86. The van der Waals surface area contributed by atoms with Gasteiger partial charge in [0.1, 0.15) is 11.4 Å². The van der Waals surface area contributed by atoms with Crippen LogP contribution in [0.1, 0.15) is 53.0 Å². The molecule has 0 aromatic heterocycles. The van der Waals surface area contributed by atoms with E-state index in [9.17, 15) is 30.8 Å². The summed E-state index contributed by atoms with van der Waals surface area (Å²) in [5, 5.41) is 0. The molecule has 1 amide bonds. The average Bonchev–Trinajstić information content (AvgIpc) is 2.59. The van der Waals surface area contributed by atoms with E-state index < -0.39 is 54.6 Å². The monoisotopic (exact) mass is 453 g/mol. The third-order valence-electron chi connectivity index (χ3n) is 5.33. The highest BCUT2D eigenvalue weighted by molar-refractivity contribution is 7.92. The number of hydrogen-bond donors (Lipinski definition) is 0. The Morgan fingerprint density at radius 3 is 2.03 bits per heavy atom. The molecule has 0 N–H and O–H groups in total. The van der Waals surface area contributed by atoms with Crippen LogP contribution in [0.3, 0.4) is 0 Å². The maximum absolute atomic E-state index is 13.8. The summed E-state index contributed by atoms with van der Waals surface area (Å²) in [5.41, 5.74) is -2.01. The second-order valence-corrected chi connectivity index (χ2v) is 11.6. The lowest BCUT2D eigenvalue weighted by Crippen LogP contribution is -2.48. The maximum Gasteiger partial charge on any atom is 0.416 e. The van der Waals surface area contributed by atoms with Gasteiger partial charge in [-0.2, -0.15) is 13.2 Å². The summed E-state index contributed by atoms with van der Waals surface area (Å²) in [4.78, 5) is 13.0. The molecule has 170 valence electrons. The number of carbonyl (C=O) groups excluding carboxylic acids is 1. The van der Waals surface area contributed by atoms with E-state index in [2.05, 4.69) is 0 Å². The first-order valence-corrected chi connectivity index (χ1v) is 11.0. The van der Waals surface area contributed by atoms with Crippen LogP contribution in [-0.4, -0.2) is 42.8 Å². The van der Waals surface area contributed by atoms with Gasteiger partial charge in [-0.3, -0.25) is 0 Å². The lowest BCUT2D eigenvalue weighted by Gasteiger charge is -2.40. The van der Waals surface area contributed by atoms with Gasteiger partial charge < -0.3 is 9.64 Å². The molecule has 30 heavy (non-hydrogen) atoms. The quantitative estimate of drug-likeness (QED) is 0.602. The SMILES string of the molecule is CC(C)(C)OC(=O)N1CCC(C(C)(C)S(=O)(=O)c2cc(F)cc(C(F)(F)F)c2)CC1. The van der Waals surface area contributed by atoms with Crippen LogP contribution in [0.4, 0.5) is 22.4 Å². The minimum atomic E-state index is -4.87. The maximum atomic E-state index is 13.8. The predicted molar refractivity (Wildman–Crippen MR) is 103 cm³/mol. The van der Waals surface area contributed by atoms with E-state index in [0.717, 1.165) is 0 Å². The van der Waals surface area contributed by atoms with Crippen molar-refractivity contribution in [2.45, 2.75) is 68.9 Å². The number of likely N-dealkylation sites (tertiary alicyclic amines) is 1. The number of nitrogens with zero attached hydrogens (tertiary/aromatic N) is 1. The van der Waals surface area contributed by atoms with Crippen molar-refractivity contribution >= 4 is 15.9 Å². The molecule has 0 spiro atoms. The summed E-state index contributed by atoms with van der Waals surface area (Å²) in [6, 6.07) is 1.35. The largest absolute Gasteiger partial charge is 0.444 e. The topological polar surface area (TPSA) is 63.7 Å². The molecule has 0 saturated carbocycles. The zero-order chi connectivity index (χ0) is 23.1. The molecule has 5 nitrogen and oxygen atoms in total. The van der Waals surface area contributed by atoms with Crippen molar-refractivity contribution in [1.29, 1.82) is 0 Å². The van der Waals surface area contributed by atoms with Gasteiger partial charge in [0.2, 0.25) is 0 Å². The fourth-order valence-electron chi connectivity index (χ4n) is 3.49. The van der Waals surface area contributed by atoms with Gasteiger partial charge in [-0.25, -0.2) is 17.6 Å². The molecule has 0 bridgehead atoms. The highest BCUT2D eigenvalue weighted by atomic mass is 32.2. The Morgan fingerprint density at radius 1 is 1.03 bits per heavy atom. The first-order chi connectivity index (χ1) is 13.4. The van der Waals surface area contributed by atoms with Crippen molar-refractivity contribution in [3.05, 3.63) is 29.6 Å². The minimum Gasteiger partial charge on any atom is -0.444 e. The number of hydrogen-bond acceptors (Lipinski definition) is 4. The molecule has 1 aliphatic heterocycles. The molecule has 1 fully saturated rings. The molecule has 1 aliphatic rings. The van der Waals surface area contributed by atoms with Crippen LogP contribution in [0.5, 0.6) is 0 Å². The van der Waals surface area contributed by atoms with Gasteiger partial charge >= 0.3 is 12.3 Å². The van der Waals surface area contributed by atoms with Gasteiger partial charge in [-0.1, -0.05) is 0 Å². The molecule has 1 saturated heterocycles. The molecule has 1 aromatic carbocycles. The van der Waals surface area contributed by atoms with Crippen molar-refractivity contribution in [1.82, 2.24) is 4.90 Å². The summed E-state index contributed by atoms with van der Waals surface area (Å²) < 4.78 is 83.0. The van der Waals surface area contributed by atoms with Gasteiger partial charge in [0.15, 0.2) is 9.84 Å². The number of alkyl halides is 3. The molecule has 0 unspecified atom stereocenters. The fourth-order valence-corrected chi connectivity index (χ4v) is 5.32. The molecule has 1 heterocycles. The van der Waals surface area contributed by atoms with Crippen LogP contribution < -0.4 is 0 Å². The van der Waals surface area contributed by atoms with Gasteiger partial charge in [-0.05, 0) is 71.6 Å². The average molecular weight is 453 g/mol. The highest BCUT2D eigenvalue weighted by Crippen LogP contribution is 2.40. The summed E-state index contributed by atoms with van der Waals surface area (Å²) in [6.45, 7) is 8.58. The first-order valence-electron chi connectivity index (χ1n) is 9.55. The van der Waals surface area contributed by atoms with Crippen LogP contribution in [0.2, 0.25) is 0 Å². The number of piperidine rings is 1. The van der Waals surface area contributed by atoms with Gasteiger partial charge in [0.25, 0.3) is 0 Å². The van der Waals surface area contributed by atoms with Crippen molar-refractivity contribution < 1.29 is 35.5 Å². The van der Waals surface area contributed by atoms with Crippen molar-refractivity contribution in [2.75, 3.05) is 13.1 Å². The Bertz CT molecular complexity index is 896. The molecule has 2 rings (SSSR count). The highest BCUT2D eigenvalue weighted by Gasteiger charge is 2.45. The Labute approximate surface area is 174 Å². The van der Waals surface area contributed by atoms with E-state index in [1.165, 1.54) is 18.7 Å². The van der Waals surface area contributed by atoms with E-state index in [0.29, 0.717) is 25.0 Å². The molecular formula is C20H27F4NO4S. The molecular weight excluding hydrogens is 426 g/mol. The van der Waals surface area contributed by atoms with Gasteiger partial charge in [-0.15, -0.1) is 0 Å². The second-order valence-electron chi connectivity index (χ2n) is 9.02. The Morgan fingerprint density at radius 2 is 1.57 bits per heavy atom. The molecule has 0 atom stereocenters. The second kappa shape index (κ2) is 8.01. The van der Waals surface area contributed by atoms with Crippen LogP contribution >= 0.6 is 0 Å². The summed E-state index contributed by atoms with van der Waals surface area (Å²) in [5.74, 6) is -1.70. The van der Waals surface area contributed by atoms with Crippen LogP contribution in [0, 0.1) is 11.7 Å². The zero-order valence-corrected chi connectivity index (χ0v) is 18.5. The Kier molecular flexibility index (Phi) is 6.53. The number of rotatable bonds is 3. The Balaban J connectivity index is 2.23. The number of ether oxygens (including phenoxy) is 1. The number of carbonyl (C=O) groups is 1. The normalized spacial score (nSPS) is 17.2. The fraction of sp³-hybridized carbons (Fsp3) is 0.650. The smallest absolute Gasteiger partial charge is 0.416 e. The number of amides is 1. The molecule has 1 aromatic rings. The lowest BCUT2D eigenvalue weighted by molar-refractivity contribution is -0.137. The van der Waals surface area contributed by atoms with Crippen molar-refractivity contribution in [3.63, 3.8) is 0 Å². The molecule has 0 radical (unpaired) electrons. The van der Waals surface area contributed by atoms with E-state index in [1.807, 2.05) is 0 Å². The third-order valence-corrected chi connectivity index (χ3v) is 7.91. The minimum absolute atomic E-state index is 0.259. The summed E-state index contributed by atoms with van der Waals surface area (Å²) in [7, 11) is -4.28. The summed E-state index contributed by atoms with van der Waals surface area (Å²) in [6.07, 6.45) is -4.71. The van der Waals surface area contributed by atoms with E-state index in [4.69, 9.17) is 4.74 Å². The van der Waals surface area contributed by atoms with E-state index >= 15 is 0 Å². The van der Waals surface area contributed by atoms with Crippen molar-refractivity contribution in [2.24, 2.45) is 5.92 Å². The van der Waals surface area contributed by atoms with Crippen LogP contribution in [0.25, 0.3) is 0 Å². The Hall–Kier alpha value is -1.84. The van der Waals surface area contributed by atoms with Gasteiger partial charge in [0, 0.05) is 13.1 Å². The zero-order valence-electron chi connectivity index (χ0n) is 17.6. The number of halogens is 4. The van der Waals surface area contributed by atoms with Crippen LogP contribution in [-0.2, 0) is 20.8 Å². The third kappa shape index (κ3) is 5.25. The van der Waals surface area contributed by atoms with Gasteiger partial charge in [0.05, 0.1) is 15.2 Å². The van der Waals surface area contributed by atoms with E-state index in [-0.39, 0.29) is 19.2 Å². The van der Waals surface area contributed by atoms with E-state index in [1.54, 1.807) is 20.8 Å². The molecule has 0 aliphatic carbocycles.